The molecule has 78 valence electrons. The lowest BCUT2D eigenvalue weighted by molar-refractivity contribution is -0.138. The Hall–Kier alpha value is -1.04. The number of hydrogen-bond donors (Lipinski definition) is 0. The number of carbonyl (C=O) groups excluding carboxylic acids is 1. The number of carbonyl (C=O) groups is 1. The summed E-state index contributed by atoms with van der Waals surface area (Å²) in [6.45, 7) is 5.14. The zero-order valence-electron chi connectivity index (χ0n) is 8.99. The third-order valence-electron chi connectivity index (χ3n) is 2.86. The second-order valence-electron chi connectivity index (χ2n) is 4.03. The Kier molecular flexibility index (Phi) is 3.94. The first kappa shape index (κ1) is 11.0. The quantitative estimate of drug-likeness (QED) is 0.685. The molecule has 1 aliphatic rings. The monoisotopic (exact) mass is 194 g/mol. The highest BCUT2D eigenvalue weighted by atomic mass is 16.2. The Balaban J connectivity index is 2.44. The average Bonchev–Trinajstić information content (AvgIpc) is 2.10. The molecule has 1 rings (SSSR count). The van der Waals surface area contributed by atoms with Gasteiger partial charge in [0.05, 0.1) is 12.0 Å². The molecule has 0 bridgehead atoms. The van der Waals surface area contributed by atoms with Gasteiger partial charge in [-0.3, -0.25) is 4.79 Å². The number of hydrogen-bond acceptors (Lipinski definition) is 2. The van der Waals surface area contributed by atoms with Crippen LogP contribution in [0, 0.1) is 23.2 Å². The maximum atomic E-state index is 11.8. The third-order valence-corrected chi connectivity index (χ3v) is 2.86. The van der Waals surface area contributed by atoms with E-state index in [1.807, 2.05) is 18.7 Å². The van der Waals surface area contributed by atoms with Crippen LogP contribution in [0.4, 0.5) is 0 Å². The van der Waals surface area contributed by atoms with Gasteiger partial charge in [-0.1, -0.05) is 6.42 Å². The van der Waals surface area contributed by atoms with E-state index in [0.717, 1.165) is 19.4 Å². The molecule has 1 saturated carbocycles. The molecule has 0 aromatic rings. The van der Waals surface area contributed by atoms with Gasteiger partial charge in [0, 0.05) is 19.0 Å². The van der Waals surface area contributed by atoms with Crippen molar-refractivity contribution in [2.45, 2.75) is 33.1 Å². The van der Waals surface area contributed by atoms with Crippen LogP contribution < -0.4 is 0 Å². The van der Waals surface area contributed by atoms with Crippen molar-refractivity contribution in [1.82, 2.24) is 4.90 Å². The molecule has 3 nitrogen and oxygen atoms in total. The maximum Gasteiger partial charge on any atom is 0.225 e. The van der Waals surface area contributed by atoms with E-state index >= 15 is 0 Å². The van der Waals surface area contributed by atoms with E-state index < -0.39 is 0 Å². The predicted octanol–water partition coefficient (Wildman–Crippen LogP) is 1.79. The molecule has 1 aliphatic carbocycles. The summed E-state index contributed by atoms with van der Waals surface area (Å²) in [5, 5.41) is 8.68. The summed E-state index contributed by atoms with van der Waals surface area (Å²) in [6, 6.07) is 2.17. The number of rotatable bonds is 4. The van der Waals surface area contributed by atoms with Gasteiger partial charge < -0.3 is 4.90 Å². The smallest absolute Gasteiger partial charge is 0.225 e. The average molecular weight is 194 g/mol. The third kappa shape index (κ3) is 2.47. The van der Waals surface area contributed by atoms with Gasteiger partial charge in [-0.15, -0.1) is 0 Å². The van der Waals surface area contributed by atoms with E-state index in [4.69, 9.17) is 5.26 Å². The van der Waals surface area contributed by atoms with Crippen LogP contribution in [0.5, 0.6) is 0 Å². The molecule has 0 saturated heterocycles. The highest BCUT2D eigenvalue weighted by Gasteiger charge is 2.29. The van der Waals surface area contributed by atoms with Crippen molar-refractivity contribution in [3.63, 3.8) is 0 Å². The molecule has 0 N–H and O–H groups in total. The topological polar surface area (TPSA) is 44.1 Å². The molecule has 0 aliphatic heterocycles. The summed E-state index contributed by atoms with van der Waals surface area (Å²) < 4.78 is 0. The van der Waals surface area contributed by atoms with E-state index in [2.05, 4.69) is 6.07 Å². The fourth-order valence-electron chi connectivity index (χ4n) is 1.66. The lowest BCUT2D eigenvalue weighted by Gasteiger charge is -2.31. The molecule has 0 radical (unpaired) electrons. The van der Waals surface area contributed by atoms with Crippen LogP contribution in [-0.2, 0) is 4.79 Å². The van der Waals surface area contributed by atoms with Crippen LogP contribution in [0.15, 0.2) is 0 Å². The van der Waals surface area contributed by atoms with Gasteiger partial charge in [0.15, 0.2) is 0 Å². The minimum absolute atomic E-state index is 0.0565. The van der Waals surface area contributed by atoms with Crippen molar-refractivity contribution in [3.05, 3.63) is 0 Å². The van der Waals surface area contributed by atoms with Gasteiger partial charge in [-0.05, 0) is 26.7 Å². The molecule has 0 heterocycles. The molecule has 1 unspecified atom stereocenters. The van der Waals surface area contributed by atoms with Crippen LogP contribution in [-0.4, -0.2) is 23.9 Å². The first-order chi connectivity index (χ1) is 6.69. The first-order valence-electron chi connectivity index (χ1n) is 5.37. The normalized spacial score (nSPS) is 18.1. The summed E-state index contributed by atoms with van der Waals surface area (Å²) in [7, 11) is 0. The number of nitriles is 1. The Labute approximate surface area is 85.7 Å². The van der Waals surface area contributed by atoms with Gasteiger partial charge in [-0.2, -0.15) is 5.26 Å². The van der Waals surface area contributed by atoms with Crippen molar-refractivity contribution >= 4 is 5.91 Å². The summed E-state index contributed by atoms with van der Waals surface area (Å²) in [5.74, 6) is 0.445. The number of nitrogens with zero attached hydrogens (tertiary/aromatic N) is 2. The van der Waals surface area contributed by atoms with E-state index in [1.165, 1.54) is 6.42 Å². The van der Waals surface area contributed by atoms with Crippen LogP contribution >= 0.6 is 0 Å². The molecule has 1 fully saturated rings. The molecule has 1 amide bonds. The Bertz CT molecular complexity index is 240. The second kappa shape index (κ2) is 4.99. The van der Waals surface area contributed by atoms with E-state index in [1.54, 1.807) is 0 Å². The van der Waals surface area contributed by atoms with Crippen molar-refractivity contribution < 1.29 is 4.79 Å². The van der Waals surface area contributed by atoms with Crippen LogP contribution in [0.3, 0.4) is 0 Å². The molecular weight excluding hydrogens is 176 g/mol. The Morgan fingerprint density at radius 1 is 1.64 bits per heavy atom. The second-order valence-corrected chi connectivity index (χ2v) is 4.03. The highest BCUT2D eigenvalue weighted by Crippen LogP contribution is 2.28. The predicted molar refractivity (Wildman–Crippen MR) is 54.4 cm³/mol. The van der Waals surface area contributed by atoms with E-state index in [-0.39, 0.29) is 17.7 Å². The molecule has 1 atom stereocenters. The summed E-state index contributed by atoms with van der Waals surface area (Å²) >= 11 is 0. The van der Waals surface area contributed by atoms with Crippen LogP contribution in [0.25, 0.3) is 0 Å². The highest BCUT2D eigenvalue weighted by molar-refractivity contribution is 5.79. The van der Waals surface area contributed by atoms with E-state index in [0.29, 0.717) is 6.54 Å². The van der Waals surface area contributed by atoms with Gasteiger partial charge in [0.2, 0.25) is 5.91 Å². The van der Waals surface area contributed by atoms with Crippen molar-refractivity contribution in [2.75, 3.05) is 13.1 Å². The van der Waals surface area contributed by atoms with Gasteiger partial charge in [0.1, 0.15) is 0 Å². The fourth-order valence-corrected chi connectivity index (χ4v) is 1.66. The lowest BCUT2D eigenvalue weighted by Crippen LogP contribution is -2.40. The molecule has 0 spiro atoms. The van der Waals surface area contributed by atoms with Crippen LogP contribution in [0.2, 0.25) is 0 Å². The zero-order chi connectivity index (χ0) is 10.6. The Morgan fingerprint density at radius 2 is 2.29 bits per heavy atom. The SMILES string of the molecule is CCN(CC(C)C#N)C(=O)C1CCC1. The van der Waals surface area contributed by atoms with Gasteiger partial charge in [-0.25, -0.2) is 0 Å². The number of amides is 1. The summed E-state index contributed by atoms with van der Waals surface area (Å²) in [5.41, 5.74) is 0. The molecule has 3 heteroatoms. The lowest BCUT2D eigenvalue weighted by atomic mass is 9.84. The fraction of sp³-hybridized carbons (Fsp3) is 0.818. The maximum absolute atomic E-state index is 11.8. The standard InChI is InChI=1S/C11H18N2O/c1-3-13(8-9(2)7-12)11(14)10-5-4-6-10/h9-10H,3-6,8H2,1-2H3. The van der Waals surface area contributed by atoms with Crippen molar-refractivity contribution in [3.8, 4) is 6.07 Å². The van der Waals surface area contributed by atoms with Crippen molar-refractivity contribution in [2.24, 2.45) is 11.8 Å². The summed E-state index contributed by atoms with van der Waals surface area (Å²) in [4.78, 5) is 13.6. The van der Waals surface area contributed by atoms with E-state index in [9.17, 15) is 4.79 Å². The summed E-state index contributed by atoms with van der Waals surface area (Å²) in [6.07, 6.45) is 3.26. The molecule has 0 aromatic carbocycles. The minimum atomic E-state index is -0.0565. The minimum Gasteiger partial charge on any atom is -0.341 e. The Morgan fingerprint density at radius 3 is 2.64 bits per heavy atom. The molecule has 0 aromatic heterocycles. The van der Waals surface area contributed by atoms with Crippen molar-refractivity contribution in [1.29, 1.82) is 5.26 Å². The zero-order valence-corrected chi connectivity index (χ0v) is 8.99. The largest absolute Gasteiger partial charge is 0.341 e. The van der Waals surface area contributed by atoms with Gasteiger partial charge >= 0.3 is 0 Å². The first-order valence-corrected chi connectivity index (χ1v) is 5.37. The van der Waals surface area contributed by atoms with Gasteiger partial charge in [0.25, 0.3) is 0 Å². The van der Waals surface area contributed by atoms with Crippen LogP contribution in [0.1, 0.15) is 33.1 Å². The molecular formula is C11H18N2O. The molecule has 14 heavy (non-hydrogen) atoms.